The molecule has 5 aromatic rings. The molecule has 53 heavy (non-hydrogen) atoms. The summed E-state index contributed by atoms with van der Waals surface area (Å²) in [7, 11) is 2.68. The Morgan fingerprint density at radius 3 is 1.66 bits per heavy atom. The van der Waals surface area contributed by atoms with Crippen molar-refractivity contribution in [3.63, 3.8) is 0 Å². The van der Waals surface area contributed by atoms with Crippen LogP contribution in [0.25, 0.3) is 0 Å². The third kappa shape index (κ3) is 11.0. The Kier molecular flexibility index (Phi) is 13.7. The minimum atomic E-state index is -1.03. The molecule has 0 saturated heterocycles. The second-order valence-corrected chi connectivity index (χ2v) is 11.9. The first-order chi connectivity index (χ1) is 25.8. The van der Waals surface area contributed by atoms with Crippen molar-refractivity contribution in [3.05, 3.63) is 150 Å². The number of rotatable bonds is 16. The maximum Gasteiger partial charge on any atom is 0.412 e. The third-order valence-corrected chi connectivity index (χ3v) is 8.17. The summed E-state index contributed by atoms with van der Waals surface area (Å²) in [5, 5.41) is 5.33. The summed E-state index contributed by atoms with van der Waals surface area (Å²) in [5.41, 5.74) is 4.13. The highest BCUT2D eigenvalue weighted by Gasteiger charge is 2.29. The van der Waals surface area contributed by atoms with Crippen molar-refractivity contribution >= 4 is 23.8 Å². The maximum absolute atomic E-state index is 13.8. The molecule has 0 spiro atoms. The zero-order chi connectivity index (χ0) is 37.4. The number of urea groups is 1. The lowest BCUT2D eigenvalue weighted by Gasteiger charge is -2.28. The predicted octanol–water partition coefficient (Wildman–Crippen LogP) is 7.46. The monoisotopic (exact) mass is 717 g/mol. The summed E-state index contributed by atoms with van der Waals surface area (Å²) in [6.45, 7) is 2.72. The summed E-state index contributed by atoms with van der Waals surface area (Å²) in [6.07, 6.45) is -0.281. The zero-order valence-electron chi connectivity index (χ0n) is 30.0. The lowest BCUT2D eigenvalue weighted by atomic mass is 10.1. The van der Waals surface area contributed by atoms with Crippen molar-refractivity contribution in [2.45, 2.75) is 39.2 Å². The van der Waals surface area contributed by atoms with Crippen LogP contribution in [0, 0.1) is 0 Å². The Morgan fingerprint density at radius 1 is 0.623 bits per heavy atom. The van der Waals surface area contributed by atoms with Gasteiger partial charge in [-0.05, 0) is 59.9 Å². The average Bonchev–Trinajstić information content (AvgIpc) is 3.20. The molecule has 274 valence electrons. The van der Waals surface area contributed by atoms with Crippen molar-refractivity contribution in [1.29, 1.82) is 0 Å². The molecule has 5 aromatic carbocycles. The van der Waals surface area contributed by atoms with Gasteiger partial charge in [0.05, 0.1) is 12.8 Å². The quantitative estimate of drug-likeness (QED) is 0.101. The Hall–Kier alpha value is -6.49. The molecule has 3 amide bonds. The third-order valence-electron chi connectivity index (χ3n) is 8.17. The van der Waals surface area contributed by atoms with E-state index in [1.54, 1.807) is 19.1 Å². The largest absolute Gasteiger partial charge is 0.485 e. The number of ether oxygens (including phenoxy) is 5. The molecule has 0 saturated carbocycles. The second kappa shape index (κ2) is 19.2. The Labute approximate surface area is 309 Å². The average molecular weight is 718 g/mol. The van der Waals surface area contributed by atoms with Crippen molar-refractivity contribution in [2.75, 3.05) is 25.6 Å². The number of benzene rings is 5. The molecule has 0 aromatic heterocycles. The molecule has 11 heteroatoms. The highest BCUT2D eigenvalue weighted by atomic mass is 16.6. The lowest BCUT2D eigenvalue weighted by Crippen LogP contribution is -2.49. The highest BCUT2D eigenvalue weighted by molar-refractivity contribution is 5.98. The van der Waals surface area contributed by atoms with Crippen LogP contribution in [0.15, 0.2) is 127 Å². The lowest BCUT2D eigenvalue weighted by molar-refractivity contribution is -0.141. The Bertz CT molecular complexity index is 1940. The smallest absolute Gasteiger partial charge is 0.412 e. The van der Waals surface area contributed by atoms with Crippen molar-refractivity contribution in [2.24, 2.45) is 0 Å². The summed E-state index contributed by atoms with van der Waals surface area (Å²) >= 11 is 0. The molecule has 0 radical (unpaired) electrons. The van der Waals surface area contributed by atoms with Gasteiger partial charge in [0.15, 0.2) is 23.0 Å². The van der Waals surface area contributed by atoms with Gasteiger partial charge in [-0.2, -0.15) is 0 Å². The first kappa shape index (κ1) is 37.8. The number of esters is 1. The molecular weight excluding hydrogens is 674 g/mol. The molecule has 0 aliphatic heterocycles. The fraction of sp³-hybridized carbons (Fsp3) is 0.214. The van der Waals surface area contributed by atoms with Crippen LogP contribution in [-0.4, -0.2) is 44.8 Å². The molecule has 0 aliphatic carbocycles. The van der Waals surface area contributed by atoms with Gasteiger partial charge in [-0.3, -0.25) is 4.90 Å². The molecular formula is C42H43N3O8. The standard InChI is InChI=1S/C42H43N3O8/c1-30(40(46)49-3)45(35-20-22-37(39(26-35)53-42(48)43-2)51-28-33-15-9-5-10-16-33)41(47)44-24-23-31-19-21-36(50-27-32-13-7-4-8-14-32)38(25-31)52-29-34-17-11-6-12-18-34/h4-22,25-26,30H,23-24,27-29H2,1-3H3,(H,43,48)(H,44,47). The summed E-state index contributed by atoms with van der Waals surface area (Å²) in [6, 6.07) is 38.0. The van der Waals surface area contributed by atoms with Crippen LogP contribution in [0.4, 0.5) is 15.3 Å². The number of carbonyl (C=O) groups is 3. The van der Waals surface area contributed by atoms with Crippen LogP contribution in [0.1, 0.15) is 29.2 Å². The van der Waals surface area contributed by atoms with E-state index in [9.17, 15) is 14.4 Å². The van der Waals surface area contributed by atoms with Gasteiger partial charge in [-0.1, -0.05) is 97.1 Å². The minimum Gasteiger partial charge on any atom is -0.485 e. The molecule has 0 fully saturated rings. The SMILES string of the molecule is CNC(=O)Oc1cc(N(C(=O)NCCc2ccc(OCc3ccccc3)c(OCc3ccccc3)c2)C(C)C(=O)OC)ccc1OCc1ccccc1. The van der Waals surface area contributed by atoms with E-state index in [1.807, 2.05) is 109 Å². The molecule has 2 N–H and O–H groups in total. The van der Waals surface area contributed by atoms with Crippen LogP contribution in [0.5, 0.6) is 23.0 Å². The number of amides is 3. The van der Waals surface area contributed by atoms with Crippen LogP contribution in [0.3, 0.4) is 0 Å². The predicted molar refractivity (Wildman–Crippen MR) is 201 cm³/mol. The summed E-state index contributed by atoms with van der Waals surface area (Å²) in [5.74, 6) is 0.873. The number of hydrogen-bond acceptors (Lipinski definition) is 8. The number of methoxy groups -OCH3 is 1. The van der Waals surface area contributed by atoms with E-state index < -0.39 is 24.1 Å². The fourth-order valence-corrected chi connectivity index (χ4v) is 5.33. The normalized spacial score (nSPS) is 11.1. The van der Waals surface area contributed by atoms with E-state index >= 15 is 0 Å². The molecule has 0 heterocycles. The van der Waals surface area contributed by atoms with Gasteiger partial charge in [0.1, 0.15) is 25.9 Å². The number of anilines is 1. The number of nitrogens with one attached hydrogen (secondary N) is 2. The van der Waals surface area contributed by atoms with Crippen molar-refractivity contribution in [1.82, 2.24) is 10.6 Å². The first-order valence-corrected chi connectivity index (χ1v) is 17.2. The van der Waals surface area contributed by atoms with E-state index in [1.165, 1.54) is 25.1 Å². The van der Waals surface area contributed by atoms with E-state index in [-0.39, 0.29) is 30.3 Å². The summed E-state index contributed by atoms with van der Waals surface area (Å²) in [4.78, 5) is 40.1. The Balaban J connectivity index is 1.32. The molecule has 5 rings (SSSR count). The molecule has 11 nitrogen and oxygen atoms in total. The van der Waals surface area contributed by atoms with Gasteiger partial charge >= 0.3 is 18.1 Å². The van der Waals surface area contributed by atoms with Gasteiger partial charge in [0.2, 0.25) is 0 Å². The first-order valence-electron chi connectivity index (χ1n) is 17.2. The highest BCUT2D eigenvalue weighted by Crippen LogP contribution is 2.34. The van der Waals surface area contributed by atoms with Gasteiger partial charge in [0, 0.05) is 19.7 Å². The molecule has 1 atom stereocenters. The zero-order valence-corrected chi connectivity index (χ0v) is 30.0. The maximum atomic E-state index is 13.8. The van der Waals surface area contributed by atoms with Crippen LogP contribution < -0.4 is 34.5 Å². The Morgan fingerprint density at radius 2 is 1.13 bits per heavy atom. The van der Waals surface area contributed by atoms with Gasteiger partial charge in [-0.15, -0.1) is 0 Å². The topological polar surface area (TPSA) is 125 Å². The van der Waals surface area contributed by atoms with Gasteiger partial charge < -0.3 is 34.3 Å². The molecule has 0 bridgehead atoms. The van der Waals surface area contributed by atoms with Crippen LogP contribution in [0.2, 0.25) is 0 Å². The number of hydrogen-bond donors (Lipinski definition) is 2. The van der Waals surface area contributed by atoms with E-state index in [0.29, 0.717) is 31.1 Å². The van der Waals surface area contributed by atoms with Crippen molar-refractivity contribution in [3.8, 4) is 23.0 Å². The van der Waals surface area contributed by atoms with Crippen LogP contribution >= 0.6 is 0 Å². The minimum absolute atomic E-state index is 0.0604. The number of nitrogens with zero attached hydrogens (tertiary/aromatic N) is 1. The van der Waals surface area contributed by atoms with E-state index in [0.717, 1.165) is 22.3 Å². The fourth-order valence-electron chi connectivity index (χ4n) is 5.33. The van der Waals surface area contributed by atoms with E-state index in [4.69, 9.17) is 23.7 Å². The van der Waals surface area contributed by atoms with Gasteiger partial charge in [0.25, 0.3) is 0 Å². The van der Waals surface area contributed by atoms with E-state index in [2.05, 4.69) is 10.6 Å². The summed E-state index contributed by atoms with van der Waals surface area (Å²) < 4.78 is 28.8. The molecule has 1 unspecified atom stereocenters. The van der Waals surface area contributed by atoms with Gasteiger partial charge in [-0.25, -0.2) is 14.4 Å². The van der Waals surface area contributed by atoms with Crippen LogP contribution in [-0.2, 0) is 35.8 Å². The second-order valence-electron chi connectivity index (χ2n) is 11.9. The molecule has 0 aliphatic rings. The van der Waals surface area contributed by atoms with Crippen molar-refractivity contribution < 1.29 is 38.1 Å². The number of carbonyl (C=O) groups excluding carboxylic acids is 3.